The predicted molar refractivity (Wildman–Crippen MR) is 182 cm³/mol. The van der Waals surface area contributed by atoms with E-state index in [0.29, 0.717) is 55.0 Å². The Morgan fingerprint density at radius 3 is 2.29 bits per heavy atom. The molecule has 0 unspecified atom stereocenters. The van der Waals surface area contributed by atoms with Gasteiger partial charge in [0.25, 0.3) is 0 Å². The van der Waals surface area contributed by atoms with Crippen LogP contribution in [-0.2, 0) is 32.6 Å². The molecule has 11 nitrogen and oxygen atoms in total. The minimum atomic E-state index is -4.25. The highest BCUT2D eigenvalue weighted by molar-refractivity contribution is 7.89. The van der Waals surface area contributed by atoms with E-state index in [2.05, 4.69) is 11.4 Å². The number of amides is 3. The van der Waals surface area contributed by atoms with E-state index in [-0.39, 0.29) is 41.4 Å². The van der Waals surface area contributed by atoms with Gasteiger partial charge in [0.15, 0.2) is 0 Å². The number of rotatable bonds is 13. The Bertz CT molecular complexity index is 1760. The second kappa shape index (κ2) is 16.8. The molecule has 254 valence electrons. The van der Waals surface area contributed by atoms with E-state index in [1.165, 1.54) is 17.0 Å². The number of likely N-dealkylation sites (tertiary alicyclic amines) is 1. The molecule has 1 heterocycles. The summed E-state index contributed by atoms with van der Waals surface area (Å²) in [5.74, 6) is -1.01. The number of carbonyl (C=O) groups is 3. The van der Waals surface area contributed by atoms with Crippen LogP contribution in [0, 0.1) is 24.2 Å². The van der Waals surface area contributed by atoms with Crippen LogP contribution in [0.1, 0.15) is 35.1 Å². The highest BCUT2D eigenvalue weighted by Gasteiger charge is 2.30. The van der Waals surface area contributed by atoms with E-state index in [0.717, 1.165) is 15.4 Å². The topological polar surface area (TPSA) is 151 Å². The summed E-state index contributed by atoms with van der Waals surface area (Å²) in [5, 5.41) is 21.3. The average Bonchev–Trinajstić information content (AvgIpc) is 3.08. The summed E-state index contributed by atoms with van der Waals surface area (Å²) >= 11 is 12.6. The minimum Gasteiger partial charge on any atom is -0.465 e. The van der Waals surface area contributed by atoms with Crippen LogP contribution < -0.4 is 5.32 Å². The van der Waals surface area contributed by atoms with Crippen molar-refractivity contribution in [3.8, 4) is 6.07 Å². The third-order valence-electron chi connectivity index (χ3n) is 8.32. The zero-order valence-electron chi connectivity index (χ0n) is 26.4. The molecule has 0 atom stereocenters. The Hall–Kier alpha value is -4.15. The number of carboxylic acid groups (broad SMARTS) is 1. The van der Waals surface area contributed by atoms with E-state index >= 15 is 0 Å². The summed E-state index contributed by atoms with van der Waals surface area (Å²) in [6.45, 7) is 1.93. The number of hydrogen-bond acceptors (Lipinski definition) is 6. The largest absolute Gasteiger partial charge is 0.465 e. The lowest BCUT2D eigenvalue weighted by atomic mass is 9.96. The predicted octanol–water partition coefficient (Wildman–Crippen LogP) is 4.94. The Kier molecular flexibility index (Phi) is 12.8. The molecule has 48 heavy (non-hydrogen) atoms. The molecule has 0 radical (unpaired) electrons. The van der Waals surface area contributed by atoms with Gasteiger partial charge in [0, 0.05) is 37.7 Å². The first-order valence-electron chi connectivity index (χ1n) is 15.4. The van der Waals surface area contributed by atoms with Gasteiger partial charge in [-0.25, -0.2) is 13.2 Å². The first kappa shape index (κ1) is 36.7. The molecule has 14 heteroatoms. The molecule has 0 saturated carbocycles. The third kappa shape index (κ3) is 9.70. The zero-order valence-corrected chi connectivity index (χ0v) is 28.8. The van der Waals surface area contributed by atoms with Crippen molar-refractivity contribution in [2.75, 3.05) is 39.3 Å². The maximum absolute atomic E-state index is 13.8. The smallest absolute Gasteiger partial charge is 0.407 e. The molecule has 1 saturated heterocycles. The monoisotopic (exact) mass is 713 g/mol. The van der Waals surface area contributed by atoms with E-state index in [1.54, 1.807) is 36.1 Å². The first-order valence-corrected chi connectivity index (χ1v) is 17.6. The molecule has 1 aliphatic rings. The Morgan fingerprint density at radius 2 is 1.67 bits per heavy atom. The molecule has 2 N–H and O–H groups in total. The number of piperidine rings is 1. The van der Waals surface area contributed by atoms with Gasteiger partial charge in [0.1, 0.15) is 4.90 Å². The molecule has 1 aliphatic heterocycles. The second-order valence-electron chi connectivity index (χ2n) is 11.6. The number of nitrogens with zero attached hydrogens (tertiary/aromatic N) is 4. The standard InChI is InChI=1S/C34H37Cl2N5O6S/c1-24-29(35)11-12-30(33(24)36)48(46,47)41(18-15-25-5-3-2-4-6-25)23-31(42)38-20-32(43)40(21-27-9-7-26(19-37)8-10-27)22-28-13-16-39(17-14-28)34(44)45/h2-12,28H,13-18,20-23H2,1H3,(H,38,42)(H,44,45). The molecule has 0 aliphatic carbocycles. The molecule has 4 rings (SSSR count). The summed E-state index contributed by atoms with van der Waals surface area (Å²) in [5.41, 5.74) is 2.53. The lowest BCUT2D eigenvalue weighted by Crippen LogP contribution is -2.47. The molecule has 0 spiro atoms. The van der Waals surface area contributed by atoms with Crippen LogP contribution in [0.2, 0.25) is 10.0 Å². The Balaban J connectivity index is 1.48. The van der Waals surface area contributed by atoms with E-state index < -0.39 is 28.6 Å². The van der Waals surface area contributed by atoms with Gasteiger partial charge in [0.05, 0.1) is 29.7 Å². The molecule has 1 fully saturated rings. The summed E-state index contributed by atoms with van der Waals surface area (Å²) in [7, 11) is -4.25. The molecule has 0 aromatic heterocycles. The fourth-order valence-corrected chi connectivity index (χ4v) is 7.62. The second-order valence-corrected chi connectivity index (χ2v) is 14.3. The highest BCUT2D eigenvalue weighted by Crippen LogP contribution is 2.32. The molecular formula is C34H37Cl2N5O6S. The Morgan fingerprint density at radius 1 is 1.00 bits per heavy atom. The number of halogens is 2. The fourth-order valence-electron chi connectivity index (χ4n) is 5.44. The van der Waals surface area contributed by atoms with Crippen LogP contribution in [0.4, 0.5) is 4.79 Å². The van der Waals surface area contributed by atoms with Crippen molar-refractivity contribution >= 4 is 51.1 Å². The Labute approximate surface area is 290 Å². The van der Waals surface area contributed by atoms with Crippen molar-refractivity contribution in [1.82, 2.24) is 19.4 Å². The van der Waals surface area contributed by atoms with Gasteiger partial charge in [-0.3, -0.25) is 9.59 Å². The molecule has 3 amide bonds. The van der Waals surface area contributed by atoms with Crippen molar-refractivity contribution in [2.45, 2.75) is 37.6 Å². The van der Waals surface area contributed by atoms with Crippen LogP contribution >= 0.6 is 23.2 Å². The normalized spacial score (nSPS) is 13.6. The number of benzene rings is 3. The third-order valence-corrected chi connectivity index (χ3v) is 11.2. The van der Waals surface area contributed by atoms with Gasteiger partial charge in [-0.15, -0.1) is 0 Å². The molecule has 3 aromatic rings. The van der Waals surface area contributed by atoms with Crippen LogP contribution in [0.25, 0.3) is 0 Å². The maximum atomic E-state index is 13.8. The zero-order chi connectivity index (χ0) is 34.8. The van der Waals surface area contributed by atoms with E-state index in [1.807, 2.05) is 30.3 Å². The van der Waals surface area contributed by atoms with E-state index in [4.69, 9.17) is 28.5 Å². The van der Waals surface area contributed by atoms with Gasteiger partial charge in [-0.05, 0) is 73.1 Å². The number of sulfonamides is 1. The fraction of sp³-hybridized carbons (Fsp3) is 0.353. The molecular weight excluding hydrogens is 677 g/mol. The first-order chi connectivity index (χ1) is 22.9. The maximum Gasteiger partial charge on any atom is 0.407 e. The van der Waals surface area contributed by atoms with E-state index in [9.17, 15) is 27.9 Å². The van der Waals surface area contributed by atoms with Crippen LogP contribution in [-0.4, -0.2) is 84.8 Å². The van der Waals surface area contributed by atoms with Crippen molar-refractivity contribution < 1.29 is 27.9 Å². The minimum absolute atomic E-state index is 0.0222. The van der Waals surface area contributed by atoms with Crippen LogP contribution in [0.5, 0.6) is 0 Å². The molecule has 0 bridgehead atoms. The lowest BCUT2D eigenvalue weighted by molar-refractivity contribution is -0.134. The number of carbonyl (C=O) groups excluding carboxylic acids is 2. The summed E-state index contributed by atoms with van der Waals surface area (Å²) < 4.78 is 28.7. The quantitative estimate of drug-likeness (QED) is 0.255. The van der Waals surface area contributed by atoms with Gasteiger partial charge < -0.3 is 20.2 Å². The molecule has 3 aromatic carbocycles. The van der Waals surface area contributed by atoms with Gasteiger partial charge >= 0.3 is 6.09 Å². The van der Waals surface area contributed by atoms with Crippen molar-refractivity contribution in [3.05, 3.63) is 99.0 Å². The summed E-state index contributed by atoms with van der Waals surface area (Å²) in [4.78, 5) is 40.9. The number of hydrogen-bond donors (Lipinski definition) is 2. The van der Waals surface area contributed by atoms with Crippen molar-refractivity contribution in [2.24, 2.45) is 5.92 Å². The number of nitrogens with one attached hydrogen (secondary N) is 1. The number of nitriles is 1. The van der Waals surface area contributed by atoms with Crippen LogP contribution in [0.3, 0.4) is 0 Å². The highest BCUT2D eigenvalue weighted by atomic mass is 35.5. The summed E-state index contributed by atoms with van der Waals surface area (Å²) in [6, 6.07) is 20.9. The van der Waals surface area contributed by atoms with Crippen molar-refractivity contribution in [1.29, 1.82) is 5.26 Å². The SMILES string of the molecule is Cc1c(Cl)ccc(S(=O)(=O)N(CCc2ccccc2)CC(=O)NCC(=O)N(Cc2ccc(C#N)cc2)CC2CCN(C(=O)O)CC2)c1Cl. The summed E-state index contributed by atoms with van der Waals surface area (Å²) in [6.07, 6.45) is 0.512. The van der Waals surface area contributed by atoms with Crippen LogP contribution in [0.15, 0.2) is 71.6 Å². The van der Waals surface area contributed by atoms with Gasteiger partial charge in [-0.1, -0.05) is 65.7 Å². The van der Waals surface area contributed by atoms with Gasteiger partial charge in [-0.2, -0.15) is 9.57 Å². The van der Waals surface area contributed by atoms with Gasteiger partial charge in [0.2, 0.25) is 21.8 Å². The van der Waals surface area contributed by atoms with Crippen molar-refractivity contribution in [3.63, 3.8) is 0 Å². The lowest BCUT2D eigenvalue weighted by Gasteiger charge is -2.34. The average molecular weight is 715 g/mol.